The molecule has 0 aliphatic carbocycles. The normalized spacial score (nSPS) is 11.7. The maximum absolute atomic E-state index is 5.01. The van der Waals surface area contributed by atoms with E-state index in [-0.39, 0.29) is 5.41 Å². The molecule has 1 aromatic heterocycles. The second kappa shape index (κ2) is 4.41. The summed E-state index contributed by atoms with van der Waals surface area (Å²) in [4.78, 5) is 4.21. The molecule has 0 atom stereocenters. The van der Waals surface area contributed by atoms with Crippen LogP contribution in [0.1, 0.15) is 26.6 Å². The summed E-state index contributed by atoms with van der Waals surface area (Å²) in [6.45, 7) is 7.40. The van der Waals surface area contributed by atoms with Gasteiger partial charge in [0, 0.05) is 19.1 Å². The first-order valence-corrected chi connectivity index (χ1v) is 4.61. The molecule has 0 bridgehead atoms. The predicted octanol–water partition coefficient (Wildman–Crippen LogP) is 1.43. The van der Waals surface area contributed by atoms with Crippen molar-refractivity contribution < 1.29 is 9.26 Å². The number of rotatable bonds is 4. The van der Waals surface area contributed by atoms with Crippen molar-refractivity contribution in [3.05, 3.63) is 5.82 Å². The van der Waals surface area contributed by atoms with E-state index in [2.05, 4.69) is 15.5 Å². The minimum absolute atomic E-state index is 0.0787. The van der Waals surface area contributed by atoms with Crippen LogP contribution in [0.3, 0.4) is 0 Å². The first-order chi connectivity index (χ1) is 6.54. The van der Waals surface area contributed by atoms with Gasteiger partial charge in [-0.25, -0.2) is 0 Å². The van der Waals surface area contributed by atoms with E-state index in [9.17, 15) is 0 Å². The largest absolute Gasteiger partial charge is 0.383 e. The fourth-order valence-electron chi connectivity index (χ4n) is 0.860. The van der Waals surface area contributed by atoms with Crippen molar-refractivity contribution in [1.29, 1.82) is 0 Å². The summed E-state index contributed by atoms with van der Waals surface area (Å²) in [6.07, 6.45) is 0. The first-order valence-electron chi connectivity index (χ1n) is 4.61. The average Bonchev–Trinajstić information content (AvgIpc) is 2.52. The zero-order chi connectivity index (χ0) is 10.6. The molecule has 1 heterocycles. The summed E-state index contributed by atoms with van der Waals surface area (Å²) in [5.74, 6) is 0.706. The summed E-state index contributed by atoms with van der Waals surface area (Å²) in [5.41, 5.74) is -0.0787. The number of nitrogens with one attached hydrogen (secondary N) is 1. The lowest BCUT2D eigenvalue weighted by Gasteiger charge is -2.10. The van der Waals surface area contributed by atoms with Crippen LogP contribution >= 0.6 is 0 Å². The number of aromatic nitrogens is 2. The molecule has 1 aromatic rings. The van der Waals surface area contributed by atoms with Crippen LogP contribution in [0.15, 0.2) is 4.52 Å². The Morgan fingerprint density at radius 2 is 2.14 bits per heavy atom. The van der Waals surface area contributed by atoms with Gasteiger partial charge in [-0.15, -0.1) is 0 Å². The van der Waals surface area contributed by atoms with Crippen LogP contribution in [0.5, 0.6) is 0 Å². The van der Waals surface area contributed by atoms with Gasteiger partial charge in [-0.05, 0) is 0 Å². The molecule has 1 N–H and O–H groups in total. The molecule has 0 aromatic carbocycles. The molecule has 0 aliphatic rings. The van der Waals surface area contributed by atoms with Gasteiger partial charge in [-0.2, -0.15) is 4.98 Å². The Morgan fingerprint density at radius 3 is 2.64 bits per heavy atom. The van der Waals surface area contributed by atoms with E-state index in [4.69, 9.17) is 9.26 Å². The van der Waals surface area contributed by atoms with E-state index in [0.717, 1.165) is 0 Å². The van der Waals surface area contributed by atoms with Gasteiger partial charge in [0.05, 0.1) is 6.61 Å². The smallest absolute Gasteiger partial charge is 0.321 e. The zero-order valence-corrected chi connectivity index (χ0v) is 9.13. The number of nitrogens with zero attached hydrogens (tertiary/aromatic N) is 2. The number of hydrogen-bond donors (Lipinski definition) is 1. The third-order valence-electron chi connectivity index (χ3n) is 1.68. The topological polar surface area (TPSA) is 60.2 Å². The first kappa shape index (κ1) is 11.0. The molecule has 0 spiro atoms. The zero-order valence-electron chi connectivity index (χ0n) is 9.13. The van der Waals surface area contributed by atoms with E-state index in [0.29, 0.717) is 25.0 Å². The molecule has 0 radical (unpaired) electrons. The highest BCUT2D eigenvalue weighted by Crippen LogP contribution is 2.19. The highest BCUT2D eigenvalue weighted by molar-refractivity contribution is 5.19. The molecule has 0 unspecified atom stereocenters. The second-order valence-electron chi connectivity index (χ2n) is 4.09. The minimum atomic E-state index is -0.0787. The van der Waals surface area contributed by atoms with E-state index in [1.165, 1.54) is 0 Å². The quantitative estimate of drug-likeness (QED) is 0.743. The Hall–Kier alpha value is -1.10. The molecule has 0 saturated heterocycles. The monoisotopic (exact) mass is 199 g/mol. The van der Waals surface area contributed by atoms with Crippen molar-refractivity contribution in [2.45, 2.75) is 26.2 Å². The molecular formula is C9H17N3O2. The van der Waals surface area contributed by atoms with Crippen LogP contribution in [0.2, 0.25) is 0 Å². The van der Waals surface area contributed by atoms with Crippen molar-refractivity contribution in [3.8, 4) is 0 Å². The van der Waals surface area contributed by atoms with Gasteiger partial charge in [-0.1, -0.05) is 25.9 Å². The Bertz CT molecular complexity index is 278. The van der Waals surface area contributed by atoms with E-state index in [1.807, 2.05) is 20.8 Å². The molecule has 0 amide bonds. The number of methoxy groups -OCH3 is 1. The molecule has 14 heavy (non-hydrogen) atoms. The summed E-state index contributed by atoms with van der Waals surface area (Å²) in [6, 6.07) is 0.451. The van der Waals surface area contributed by atoms with Gasteiger partial charge in [0.2, 0.25) is 0 Å². The lowest BCUT2D eigenvalue weighted by molar-refractivity contribution is 0.210. The molecule has 5 heteroatoms. The van der Waals surface area contributed by atoms with Gasteiger partial charge in [0.15, 0.2) is 5.82 Å². The third kappa shape index (κ3) is 2.99. The highest BCUT2D eigenvalue weighted by Gasteiger charge is 2.20. The van der Waals surface area contributed by atoms with Crippen molar-refractivity contribution >= 4 is 6.01 Å². The Morgan fingerprint density at radius 1 is 1.43 bits per heavy atom. The molecular weight excluding hydrogens is 182 g/mol. The number of ether oxygens (including phenoxy) is 1. The van der Waals surface area contributed by atoms with Crippen LogP contribution in [0, 0.1) is 0 Å². The van der Waals surface area contributed by atoms with E-state index >= 15 is 0 Å². The summed E-state index contributed by atoms with van der Waals surface area (Å²) in [5, 5.41) is 6.85. The molecule has 0 saturated carbocycles. The van der Waals surface area contributed by atoms with Crippen LogP contribution in [0.4, 0.5) is 6.01 Å². The van der Waals surface area contributed by atoms with Gasteiger partial charge >= 0.3 is 6.01 Å². The number of anilines is 1. The Kier molecular flexibility index (Phi) is 3.46. The van der Waals surface area contributed by atoms with Crippen LogP contribution in [-0.2, 0) is 10.2 Å². The Balaban J connectivity index is 2.51. The van der Waals surface area contributed by atoms with Crippen molar-refractivity contribution in [2.75, 3.05) is 25.6 Å². The molecule has 5 nitrogen and oxygen atoms in total. The Labute approximate surface area is 83.8 Å². The standard InChI is InChI=1S/C9H17N3O2/c1-9(2,3)7-11-8(14-12-7)10-5-6-13-4/h5-6H2,1-4H3,(H,10,11,12). The maximum atomic E-state index is 5.01. The van der Waals surface area contributed by atoms with Gasteiger partial charge in [0.25, 0.3) is 0 Å². The van der Waals surface area contributed by atoms with Crippen molar-refractivity contribution in [2.24, 2.45) is 0 Å². The SMILES string of the molecule is COCCNc1nc(C(C)(C)C)no1. The second-order valence-corrected chi connectivity index (χ2v) is 4.09. The molecule has 80 valence electrons. The highest BCUT2D eigenvalue weighted by atomic mass is 16.5. The van der Waals surface area contributed by atoms with Crippen LogP contribution < -0.4 is 5.32 Å². The lowest BCUT2D eigenvalue weighted by atomic mass is 9.96. The lowest BCUT2D eigenvalue weighted by Crippen LogP contribution is -2.13. The summed E-state index contributed by atoms with van der Waals surface area (Å²) < 4.78 is 9.90. The fourth-order valence-corrected chi connectivity index (χ4v) is 0.860. The predicted molar refractivity (Wildman–Crippen MR) is 53.4 cm³/mol. The average molecular weight is 199 g/mol. The van der Waals surface area contributed by atoms with Gasteiger partial charge < -0.3 is 14.6 Å². The fraction of sp³-hybridized carbons (Fsp3) is 0.778. The third-order valence-corrected chi connectivity index (χ3v) is 1.68. The molecule has 0 fully saturated rings. The van der Waals surface area contributed by atoms with Gasteiger partial charge in [0.1, 0.15) is 0 Å². The van der Waals surface area contributed by atoms with Crippen molar-refractivity contribution in [3.63, 3.8) is 0 Å². The maximum Gasteiger partial charge on any atom is 0.321 e. The van der Waals surface area contributed by atoms with Crippen molar-refractivity contribution in [1.82, 2.24) is 10.1 Å². The minimum Gasteiger partial charge on any atom is -0.383 e. The number of hydrogen-bond acceptors (Lipinski definition) is 5. The molecule has 0 aliphatic heterocycles. The van der Waals surface area contributed by atoms with Gasteiger partial charge in [-0.3, -0.25) is 0 Å². The van der Waals surface area contributed by atoms with Crippen LogP contribution in [-0.4, -0.2) is 30.4 Å². The van der Waals surface area contributed by atoms with E-state index < -0.39 is 0 Å². The summed E-state index contributed by atoms with van der Waals surface area (Å²) >= 11 is 0. The summed E-state index contributed by atoms with van der Waals surface area (Å²) in [7, 11) is 1.65. The van der Waals surface area contributed by atoms with E-state index in [1.54, 1.807) is 7.11 Å². The van der Waals surface area contributed by atoms with Crippen LogP contribution in [0.25, 0.3) is 0 Å². The molecule has 1 rings (SSSR count).